The van der Waals surface area contributed by atoms with Gasteiger partial charge in [-0.3, -0.25) is 14.5 Å². The molecule has 0 aliphatic heterocycles. The van der Waals surface area contributed by atoms with Crippen LogP contribution in [0.5, 0.6) is 5.75 Å². The number of anilines is 2. The van der Waals surface area contributed by atoms with Crippen LogP contribution >= 0.6 is 15.9 Å². The van der Waals surface area contributed by atoms with Gasteiger partial charge in [0.15, 0.2) is 0 Å². The lowest BCUT2D eigenvalue weighted by atomic mass is 10.2. The number of likely N-dealkylation sites (N-methyl/N-ethyl adjacent to an activating group) is 1. The van der Waals surface area contributed by atoms with Crippen molar-refractivity contribution < 1.29 is 14.3 Å². The van der Waals surface area contributed by atoms with Gasteiger partial charge >= 0.3 is 0 Å². The van der Waals surface area contributed by atoms with Crippen molar-refractivity contribution in [1.82, 2.24) is 4.90 Å². The van der Waals surface area contributed by atoms with Crippen molar-refractivity contribution in [3.63, 3.8) is 0 Å². The molecule has 0 heterocycles. The Bertz CT molecular complexity index is 778. The third kappa shape index (κ3) is 6.16. The predicted molar refractivity (Wildman–Crippen MR) is 107 cm³/mol. The van der Waals surface area contributed by atoms with Crippen LogP contribution in [0.4, 0.5) is 11.4 Å². The van der Waals surface area contributed by atoms with E-state index < -0.39 is 0 Å². The summed E-state index contributed by atoms with van der Waals surface area (Å²) < 4.78 is 6.04. The van der Waals surface area contributed by atoms with E-state index >= 15 is 0 Å². The van der Waals surface area contributed by atoms with E-state index in [1.165, 1.54) is 0 Å². The van der Waals surface area contributed by atoms with Crippen molar-refractivity contribution in [2.24, 2.45) is 0 Å². The minimum Gasteiger partial charge on any atom is -0.497 e. The molecule has 2 aromatic carbocycles. The Balaban J connectivity index is 1.81. The van der Waals surface area contributed by atoms with E-state index in [1.807, 2.05) is 25.1 Å². The number of hydrogen-bond donors (Lipinski definition) is 2. The predicted octanol–water partition coefficient (Wildman–Crippen LogP) is 3.28. The lowest BCUT2D eigenvalue weighted by molar-refractivity contribution is -0.119. The first-order valence-corrected chi connectivity index (χ1v) is 8.85. The Hall–Kier alpha value is -2.38. The summed E-state index contributed by atoms with van der Waals surface area (Å²) in [6.07, 6.45) is 0. The van der Waals surface area contributed by atoms with Crippen molar-refractivity contribution in [3.05, 3.63) is 52.5 Å². The summed E-state index contributed by atoms with van der Waals surface area (Å²) in [5, 5.41) is 5.65. The van der Waals surface area contributed by atoms with Gasteiger partial charge in [0.05, 0.1) is 20.2 Å². The molecule has 0 saturated carbocycles. The first kappa shape index (κ1) is 19.9. The normalized spacial score (nSPS) is 10.5. The fourth-order valence-electron chi connectivity index (χ4n) is 2.38. The Morgan fingerprint density at radius 3 is 2.23 bits per heavy atom. The highest BCUT2D eigenvalue weighted by molar-refractivity contribution is 9.10. The van der Waals surface area contributed by atoms with Crippen molar-refractivity contribution >= 4 is 39.1 Å². The van der Waals surface area contributed by atoms with E-state index in [0.29, 0.717) is 5.69 Å². The molecule has 0 radical (unpaired) electrons. The zero-order chi connectivity index (χ0) is 19.1. The number of amides is 2. The van der Waals surface area contributed by atoms with Crippen LogP contribution < -0.4 is 15.4 Å². The van der Waals surface area contributed by atoms with Gasteiger partial charge in [0.2, 0.25) is 11.8 Å². The third-order valence-electron chi connectivity index (χ3n) is 3.66. The summed E-state index contributed by atoms with van der Waals surface area (Å²) in [6.45, 7) is 2.15. The zero-order valence-electron chi connectivity index (χ0n) is 15.0. The number of rotatable bonds is 7. The largest absolute Gasteiger partial charge is 0.497 e. The Morgan fingerprint density at radius 2 is 1.65 bits per heavy atom. The van der Waals surface area contributed by atoms with Gasteiger partial charge < -0.3 is 15.4 Å². The summed E-state index contributed by atoms with van der Waals surface area (Å²) in [7, 11) is 3.31. The quantitative estimate of drug-likeness (QED) is 0.722. The molecule has 2 amide bonds. The number of ether oxygens (including phenoxy) is 1. The van der Waals surface area contributed by atoms with Gasteiger partial charge in [0.1, 0.15) is 5.75 Å². The van der Waals surface area contributed by atoms with Crippen LogP contribution in [-0.4, -0.2) is 44.0 Å². The molecule has 0 bridgehead atoms. The first-order chi connectivity index (χ1) is 12.4. The topological polar surface area (TPSA) is 70.7 Å². The molecule has 0 fully saturated rings. The second-order valence-electron chi connectivity index (χ2n) is 5.96. The monoisotopic (exact) mass is 419 g/mol. The van der Waals surface area contributed by atoms with Crippen molar-refractivity contribution in [2.75, 3.05) is 37.9 Å². The summed E-state index contributed by atoms with van der Waals surface area (Å²) in [5.74, 6) is 0.362. The van der Waals surface area contributed by atoms with Gasteiger partial charge in [-0.2, -0.15) is 0 Å². The molecular weight excluding hydrogens is 398 g/mol. The van der Waals surface area contributed by atoms with Gasteiger partial charge in [0, 0.05) is 15.8 Å². The van der Waals surface area contributed by atoms with E-state index in [-0.39, 0.29) is 24.9 Å². The Kier molecular flexibility index (Phi) is 7.17. The lowest BCUT2D eigenvalue weighted by Crippen LogP contribution is -2.36. The van der Waals surface area contributed by atoms with Crippen LogP contribution in [0.25, 0.3) is 0 Å². The minimum atomic E-state index is -0.190. The SMILES string of the molecule is COc1ccc(NC(=O)CN(C)CC(=O)Nc2ccc(Br)cc2C)cc1. The Morgan fingerprint density at radius 1 is 1.04 bits per heavy atom. The number of aryl methyl sites for hydroxylation is 1. The molecule has 0 saturated heterocycles. The van der Waals surface area contributed by atoms with Crippen LogP contribution in [0.2, 0.25) is 0 Å². The molecule has 0 atom stereocenters. The highest BCUT2D eigenvalue weighted by Gasteiger charge is 2.12. The van der Waals surface area contributed by atoms with Gasteiger partial charge in [-0.15, -0.1) is 0 Å². The van der Waals surface area contributed by atoms with Gasteiger partial charge in [-0.05, 0) is 62.0 Å². The lowest BCUT2D eigenvalue weighted by Gasteiger charge is -2.17. The molecule has 2 rings (SSSR count). The highest BCUT2D eigenvalue weighted by Crippen LogP contribution is 2.20. The van der Waals surface area contributed by atoms with E-state index in [9.17, 15) is 9.59 Å². The van der Waals surface area contributed by atoms with E-state index in [2.05, 4.69) is 26.6 Å². The molecule has 0 aromatic heterocycles. The average molecular weight is 420 g/mol. The number of nitrogens with zero attached hydrogens (tertiary/aromatic N) is 1. The molecular formula is C19H22BrN3O3. The molecule has 0 aliphatic rings. The fraction of sp³-hybridized carbons (Fsp3) is 0.263. The van der Waals surface area contributed by atoms with Crippen LogP contribution in [0, 0.1) is 6.92 Å². The molecule has 6 nitrogen and oxygen atoms in total. The number of carbonyl (C=O) groups excluding carboxylic acids is 2. The van der Waals surface area contributed by atoms with E-state index in [0.717, 1.165) is 21.5 Å². The van der Waals surface area contributed by atoms with Gasteiger partial charge in [-0.1, -0.05) is 15.9 Å². The maximum Gasteiger partial charge on any atom is 0.238 e. The van der Waals surface area contributed by atoms with Crippen LogP contribution in [0.3, 0.4) is 0 Å². The number of nitrogens with one attached hydrogen (secondary N) is 2. The van der Waals surface area contributed by atoms with E-state index in [1.54, 1.807) is 43.3 Å². The van der Waals surface area contributed by atoms with Crippen LogP contribution in [0.15, 0.2) is 46.9 Å². The van der Waals surface area contributed by atoms with Crippen LogP contribution in [-0.2, 0) is 9.59 Å². The average Bonchev–Trinajstić information content (AvgIpc) is 2.57. The number of methoxy groups -OCH3 is 1. The van der Waals surface area contributed by atoms with Gasteiger partial charge in [-0.25, -0.2) is 0 Å². The summed E-state index contributed by atoms with van der Waals surface area (Å²) in [6, 6.07) is 12.7. The van der Waals surface area contributed by atoms with Gasteiger partial charge in [0.25, 0.3) is 0 Å². The highest BCUT2D eigenvalue weighted by atomic mass is 79.9. The van der Waals surface area contributed by atoms with Crippen molar-refractivity contribution in [2.45, 2.75) is 6.92 Å². The maximum absolute atomic E-state index is 12.2. The molecule has 0 unspecified atom stereocenters. The van der Waals surface area contributed by atoms with E-state index in [4.69, 9.17) is 4.74 Å². The van der Waals surface area contributed by atoms with Crippen molar-refractivity contribution in [1.29, 1.82) is 0 Å². The molecule has 0 spiro atoms. The number of halogens is 1. The number of hydrogen-bond acceptors (Lipinski definition) is 4. The second kappa shape index (κ2) is 9.35. The third-order valence-corrected chi connectivity index (χ3v) is 4.16. The first-order valence-electron chi connectivity index (χ1n) is 8.06. The fourth-order valence-corrected chi connectivity index (χ4v) is 2.85. The summed E-state index contributed by atoms with van der Waals surface area (Å²) in [5.41, 5.74) is 2.40. The second-order valence-corrected chi connectivity index (χ2v) is 6.87. The smallest absolute Gasteiger partial charge is 0.238 e. The summed E-state index contributed by atoms with van der Waals surface area (Å²) in [4.78, 5) is 25.9. The number of benzene rings is 2. The molecule has 2 aromatic rings. The maximum atomic E-state index is 12.2. The van der Waals surface area contributed by atoms with Crippen LogP contribution in [0.1, 0.15) is 5.56 Å². The Labute approximate surface area is 161 Å². The number of carbonyl (C=O) groups is 2. The molecule has 138 valence electrons. The molecule has 26 heavy (non-hydrogen) atoms. The summed E-state index contributed by atoms with van der Waals surface area (Å²) >= 11 is 3.39. The minimum absolute atomic E-state index is 0.110. The zero-order valence-corrected chi connectivity index (χ0v) is 16.6. The molecule has 2 N–H and O–H groups in total. The standard InChI is InChI=1S/C19H22BrN3O3/c1-13-10-14(20)4-9-17(13)22-19(25)12-23(2)11-18(24)21-15-5-7-16(26-3)8-6-15/h4-10H,11-12H2,1-3H3,(H,21,24)(H,22,25). The molecule has 0 aliphatic carbocycles. The molecule has 7 heteroatoms. The van der Waals surface area contributed by atoms with Crippen molar-refractivity contribution in [3.8, 4) is 5.75 Å².